The summed E-state index contributed by atoms with van der Waals surface area (Å²) in [6.45, 7) is 3.15. The maximum absolute atomic E-state index is 13.6. The van der Waals surface area contributed by atoms with Gasteiger partial charge in [0.05, 0.1) is 5.69 Å². The van der Waals surface area contributed by atoms with Crippen molar-refractivity contribution in [3.63, 3.8) is 0 Å². The first-order valence-corrected chi connectivity index (χ1v) is 8.06. The van der Waals surface area contributed by atoms with Gasteiger partial charge in [-0.2, -0.15) is 0 Å². The van der Waals surface area contributed by atoms with E-state index in [1.807, 2.05) is 6.92 Å². The van der Waals surface area contributed by atoms with Crippen molar-refractivity contribution in [2.24, 2.45) is 0 Å². The molecule has 2 aromatic rings. The predicted molar refractivity (Wildman–Crippen MR) is 93.8 cm³/mol. The van der Waals surface area contributed by atoms with Crippen molar-refractivity contribution in [3.8, 4) is 0 Å². The van der Waals surface area contributed by atoms with Crippen LogP contribution in [0.3, 0.4) is 0 Å². The fraction of sp³-hybridized carbons (Fsp3) is 0.222. The molecule has 0 atom stereocenters. The van der Waals surface area contributed by atoms with E-state index < -0.39 is 29.0 Å². The number of anilines is 2. The highest BCUT2D eigenvalue weighted by Gasteiger charge is 2.17. The number of rotatable bonds is 5. The summed E-state index contributed by atoms with van der Waals surface area (Å²) in [6.07, 6.45) is -0.177. The van der Waals surface area contributed by atoms with Crippen LogP contribution < -0.4 is 10.2 Å². The van der Waals surface area contributed by atoms with Crippen LogP contribution in [0.25, 0.3) is 0 Å². The quantitative estimate of drug-likeness (QED) is 0.774. The molecular formula is C18H16ClF3N2O2. The Bertz CT molecular complexity index is 859. The lowest BCUT2D eigenvalue weighted by Gasteiger charge is -2.21. The average molecular weight is 385 g/mol. The smallest absolute Gasteiger partial charge is 0.226 e. The molecule has 0 aromatic heterocycles. The third kappa shape index (κ3) is 4.54. The number of hydrogen-bond acceptors (Lipinski definition) is 2. The summed E-state index contributed by atoms with van der Waals surface area (Å²) in [5.41, 5.74) is 0.882. The van der Waals surface area contributed by atoms with E-state index in [4.69, 9.17) is 11.6 Å². The molecule has 138 valence electrons. The zero-order valence-electron chi connectivity index (χ0n) is 14.1. The van der Waals surface area contributed by atoms with Crippen LogP contribution in [0.4, 0.5) is 24.5 Å². The van der Waals surface area contributed by atoms with Gasteiger partial charge in [-0.15, -0.1) is 0 Å². The number of carbonyl (C=O) groups is 2. The minimum atomic E-state index is -1.66. The SMILES string of the molecule is CC(=O)N(CCC(=O)Nc1ccc(F)c(F)c1F)c1ccc(C)c(Cl)c1. The fourth-order valence-electron chi connectivity index (χ4n) is 2.27. The lowest BCUT2D eigenvalue weighted by Crippen LogP contribution is -2.32. The number of nitrogens with one attached hydrogen (secondary N) is 1. The summed E-state index contributed by atoms with van der Waals surface area (Å²) in [4.78, 5) is 25.2. The van der Waals surface area contributed by atoms with Crippen LogP contribution in [0.1, 0.15) is 18.9 Å². The van der Waals surface area contributed by atoms with Gasteiger partial charge in [-0.25, -0.2) is 13.2 Å². The molecule has 2 aromatic carbocycles. The van der Waals surface area contributed by atoms with Crippen LogP contribution in [-0.4, -0.2) is 18.4 Å². The second-order valence-electron chi connectivity index (χ2n) is 5.63. The van der Waals surface area contributed by atoms with Gasteiger partial charge in [0.2, 0.25) is 11.8 Å². The summed E-state index contributed by atoms with van der Waals surface area (Å²) in [5, 5.41) is 2.63. The Labute approximate surface area is 153 Å². The van der Waals surface area contributed by atoms with E-state index in [1.54, 1.807) is 18.2 Å². The van der Waals surface area contributed by atoms with Gasteiger partial charge in [-0.3, -0.25) is 9.59 Å². The Kier molecular flexibility index (Phi) is 6.26. The Hall–Kier alpha value is -2.54. The molecule has 0 radical (unpaired) electrons. The number of aryl methyl sites for hydroxylation is 1. The van der Waals surface area contributed by atoms with E-state index in [2.05, 4.69) is 5.32 Å². The summed E-state index contributed by atoms with van der Waals surface area (Å²) >= 11 is 6.05. The molecule has 0 fully saturated rings. The molecule has 0 saturated heterocycles. The molecule has 0 aliphatic carbocycles. The van der Waals surface area contributed by atoms with E-state index in [1.165, 1.54) is 11.8 Å². The van der Waals surface area contributed by atoms with E-state index in [-0.39, 0.29) is 18.9 Å². The Morgan fingerprint density at radius 1 is 1.12 bits per heavy atom. The molecule has 0 unspecified atom stereocenters. The van der Waals surface area contributed by atoms with Crippen molar-refractivity contribution in [2.75, 3.05) is 16.8 Å². The molecule has 4 nitrogen and oxygen atoms in total. The number of hydrogen-bond donors (Lipinski definition) is 1. The van der Waals surface area contributed by atoms with Gasteiger partial charge in [-0.05, 0) is 36.8 Å². The molecule has 1 N–H and O–H groups in total. The number of carbonyl (C=O) groups excluding carboxylic acids is 2. The normalized spacial score (nSPS) is 10.5. The van der Waals surface area contributed by atoms with Crippen LogP contribution in [-0.2, 0) is 9.59 Å². The van der Waals surface area contributed by atoms with Crippen LogP contribution >= 0.6 is 11.6 Å². The van der Waals surface area contributed by atoms with E-state index in [9.17, 15) is 22.8 Å². The van der Waals surface area contributed by atoms with Crippen molar-refractivity contribution in [3.05, 3.63) is 58.4 Å². The highest BCUT2D eigenvalue weighted by atomic mass is 35.5. The topological polar surface area (TPSA) is 49.4 Å². The fourth-order valence-corrected chi connectivity index (χ4v) is 2.44. The van der Waals surface area contributed by atoms with Gasteiger partial charge in [-0.1, -0.05) is 17.7 Å². The van der Waals surface area contributed by atoms with Crippen LogP contribution in [0.5, 0.6) is 0 Å². The first kappa shape index (κ1) is 19.8. The summed E-state index contributed by atoms with van der Waals surface area (Å²) in [6, 6.07) is 6.67. The highest BCUT2D eigenvalue weighted by Crippen LogP contribution is 2.24. The molecule has 0 aliphatic rings. The molecule has 8 heteroatoms. The van der Waals surface area contributed by atoms with Crippen LogP contribution in [0.15, 0.2) is 30.3 Å². The second kappa shape index (κ2) is 8.23. The standard InChI is InChI=1S/C18H16ClF3N2O2/c1-10-3-4-12(9-13(10)19)24(11(2)25)8-7-16(26)23-15-6-5-14(20)17(21)18(15)22/h3-6,9H,7-8H2,1-2H3,(H,23,26). The molecule has 0 bridgehead atoms. The highest BCUT2D eigenvalue weighted by molar-refractivity contribution is 6.31. The van der Waals surface area contributed by atoms with Gasteiger partial charge in [0, 0.05) is 30.6 Å². The molecule has 2 amide bonds. The molecule has 26 heavy (non-hydrogen) atoms. The first-order chi connectivity index (χ1) is 12.2. The maximum atomic E-state index is 13.6. The third-order valence-corrected chi connectivity index (χ3v) is 4.13. The third-order valence-electron chi connectivity index (χ3n) is 3.72. The second-order valence-corrected chi connectivity index (χ2v) is 6.03. The predicted octanol–water partition coefficient (Wildman–Crippen LogP) is 4.45. The summed E-state index contributed by atoms with van der Waals surface area (Å²) in [7, 11) is 0. The zero-order chi connectivity index (χ0) is 19.4. The number of benzene rings is 2. The molecule has 2 rings (SSSR count). The molecule has 0 spiro atoms. The minimum absolute atomic E-state index is 0.00581. The van der Waals surface area contributed by atoms with E-state index in [0.717, 1.165) is 11.6 Å². The summed E-state index contributed by atoms with van der Waals surface area (Å²) in [5.74, 6) is -5.45. The molecular weight excluding hydrogens is 369 g/mol. The van der Waals surface area contributed by atoms with Gasteiger partial charge in [0.25, 0.3) is 0 Å². The van der Waals surface area contributed by atoms with Crippen LogP contribution in [0.2, 0.25) is 5.02 Å². The molecule has 0 heterocycles. The minimum Gasteiger partial charge on any atom is -0.323 e. The monoisotopic (exact) mass is 384 g/mol. The number of amides is 2. The van der Waals surface area contributed by atoms with Gasteiger partial charge < -0.3 is 10.2 Å². The molecule has 0 saturated carbocycles. The number of nitrogens with zero attached hydrogens (tertiary/aromatic N) is 1. The van der Waals surface area contributed by atoms with Gasteiger partial charge in [0.1, 0.15) is 0 Å². The zero-order valence-corrected chi connectivity index (χ0v) is 14.8. The van der Waals surface area contributed by atoms with Gasteiger partial charge >= 0.3 is 0 Å². The molecule has 0 aliphatic heterocycles. The average Bonchev–Trinajstić information content (AvgIpc) is 2.58. The van der Waals surface area contributed by atoms with Crippen molar-refractivity contribution in [2.45, 2.75) is 20.3 Å². The Morgan fingerprint density at radius 2 is 1.81 bits per heavy atom. The Balaban J connectivity index is 2.07. The van der Waals surface area contributed by atoms with Gasteiger partial charge in [0.15, 0.2) is 17.5 Å². The first-order valence-electron chi connectivity index (χ1n) is 7.68. The van der Waals surface area contributed by atoms with Crippen molar-refractivity contribution in [1.29, 1.82) is 0 Å². The largest absolute Gasteiger partial charge is 0.323 e. The van der Waals surface area contributed by atoms with Crippen molar-refractivity contribution >= 4 is 34.8 Å². The Morgan fingerprint density at radius 3 is 2.42 bits per heavy atom. The van der Waals surface area contributed by atoms with Crippen molar-refractivity contribution < 1.29 is 22.8 Å². The van der Waals surface area contributed by atoms with Crippen LogP contribution in [0, 0.1) is 24.4 Å². The van der Waals surface area contributed by atoms with E-state index in [0.29, 0.717) is 16.8 Å². The maximum Gasteiger partial charge on any atom is 0.226 e. The van der Waals surface area contributed by atoms with Crippen molar-refractivity contribution in [1.82, 2.24) is 0 Å². The lowest BCUT2D eigenvalue weighted by atomic mass is 10.2. The summed E-state index contributed by atoms with van der Waals surface area (Å²) < 4.78 is 39.7. The van der Waals surface area contributed by atoms with E-state index >= 15 is 0 Å². The number of halogens is 4. The lowest BCUT2D eigenvalue weighted by molar-refractivity contribution is -0.117.